The highest BCUT2D eigenvalue weighted by atomic mass is 79.9. The van der Waals surface area contributed by atoms with Gasteiger partial charge in [-0.3, -0.25) is 4.79 Å². The van der Waals surface area contributed by atoms with E-state index in [2.05, 4.69) is 26.4 Å². The molecule has 0 saturated carbocycles. The van der Waals surface area contributed by atoms with Gasteiger partial charge < -0.3 is 21.0 Å². The van der Waals surface area contributed by atoms with E-state index in [0.717, 1.165) is 27.8 Å². The molecule has 0 fully saturated rings. The highest BCUT2D eigenvalue weighted by Gasteiger charge is 2.22. The van der Waals surface area contributed by atoms with E-state index in [1.54, 1.807) is 0 Å². The van der Waals surface area contributed by atoms with Gasteiger partial charge in [-0.1, -0.05) is 28.0 Å². The Morgan fingerprint density at radius 1 is 1.62 bits per heavy atom. The number of nitrogens with one attached hydrogen (secondary N) is 1. The van der Waals surface area contributed by atoms with Crippen LogP contribution in [0.5, 0.6) is 5.75 Å². The van der Waals surface area contributed by atoms with Gasteiger partial charge in [-0.25, -0.2) is 0 Å². The third-order valence-corrected chi connectivity index (χ3v) is 3.93. The van der Waals surface area contributed by atoms with Gasteiger partial charge in [0.25, 0.3) is 0 Å². The van der Waals surface area contributed by atoms with E-state index in [9.17, 15) is 4.79 Å². The minimum Gasteiger partial charge on any atom is -0.493 e. The third kappa shape index (κ3) is 3.47. The van der Waals surface area contributed by atoms with Crippen molar-refractivity contribution in [2.24, 2.45) is 16.8 Å². The molecule has 1 aliphatic heterocycles. The average molecular weight is 356 g/mol. The maximum absolute atomic E-state index is 12.1. The minimum atomic E-state index is -0.629. The van der Waals surface area contributed by atoms with Crippen LogP contribution in [0.1, 0.15) is 24.5 Å². The van der Waals surface area contributed by atoms with Crippen LogP contribution >= 0.6 is 15.9 Å². The molecule has 0 saturated heterocycles. The lowest BCUT2D eigenvalue weighted by Gasteiger charge is -2.15. The fraction of sp³-hybridized carbons (Fsp3) is 0.429. The Morgan fingerprint density at radius 2 is 2.38 bits per heavy atom. The van der Waals surface area contributed by atoms with Crippen molar-refractivity contribution in [1.82, 2.24) is 5.32 Å². The van der Waals surface area contributed by atoms with Crippen LogP contribution in [0.4, 0.5) is 0 Å². The molecule has 1 heterocycles. The summed E-state index contributed by atoms with van der Waals surface area (Å²) in [5.74, 6) is -0.128. The second kappa shape index (κ2) is 6.80. The number of ether oxygens (including phenoxy) is 1. The van der Waals surface area contributed by atoms with Crippen molar-refractivity contribution in [3.63, 3.8) is 0 Å². The Kier molecular flexibility index (Phi) is 5.06. The number of fused-ring (bicyclic) bond motifs is 1. The first kappa shape index (κ1) is 15.6. The summed E-state index contributed by atoms with van der Waals surface area (Å²) in [6, 6.07) is 3.95. The van der Waals surface area contributed by atoms with Gasteiger partial charge in [0.05, 0.1) is 12.5 Å². The van der Waals surface area contributed by atoms with Crippen molar-refractivity contribution in [3.8, 4) is 5.75 Å². The number of hydrogen-bond donors (Lipinski definition) is 3. The Balaban J connectivity index is 2.08. The van der Waals surface area contributed by atoms with E-state index >= 15 is 0 Å². The molecule has 0 aliphatic carbocycles. The molecule has 0 bridgehead atoms. The summed E-state index contributed by atoms with van der Waals surface area (Å²) in [4.78, 5) is 12.1. The van der Waals surface area contributed by atoms with Gasteiger partial charge in [-0.2, -0.15) is 0 Å². The maximum Gasteiger partial charge on any atom is 0.231 e. The summed E-state index contributed by atoms with van der Waals surface area (Å²) in [5, 5.41) is 14.4. The molecule has 6 nitrogen and oxygen atoms in total. The number of amides is 1. The monoisotopic (exact) mass is 355 g/mol. The summed E-state index contributed by atoms with van der Waals surface area (Å²) >= 11 is 3.46. The molecule has 0 aromatic heterocycles. The van der Waals surface area contributed by atoms with Crippen molar-refractivity contribution >= 4 is 27.7 Å². The fourth-order valence-electron chi connectivity index (χ4n) is 2.38. The second-order valence-corrected chi connectivity index (χ2v) is 5.77. The number of benzene rings is 1. The molecule has 2 rings (SSSR count). The lowest BCUT2D eigenvalue weighted by molar-refractivity contribution is -0.123. The van der Waals surface area contributed by atoms with Crippen LogP contribution in [0, 0.1) is 5.92 Å². The molecular formula is C14H18BrN3O3. The number of nitrogens with two attached hydrogens (primary N) is 1. The van der Waals surface area contributed by atoms with Crippen molar-refractivity contribution in [3.05, 3.63) is 27.7 Å². The highest BCUT2D eigenvalue weighted by molar-refractivity contribution is 9.10. The van der Waals surface area contributed by atoms with Crippen molar-refractivity contribution < 1.29 is 14.7 Å². The van der Waals surface area contributed by atoms with Crippen LogP contribution < -0.4 is 15.8 Å². The Morgan fingerprint density at radius 3 is 3.05 bits per heavy atom. The molecule has 21 heavy (non-hydrogen) atoms. The van der Waals surface area contributed by atoms with E-state index < -0.39 is 5.92 Å². The molecule has 1 aromatic carbocycles. The standard InChI is InChI=1S/C14H18BrN3O3/c1-2-11(13(16)18-20)14(19)17-7-9-6-10(15)5-8-3-4-21-12(8)9/h5-6,11,20H,2-4,7H2,1H3,(H2,16,18)(H,17,19). The third-order valence-electron chi connectivity index (χ3n) is 3.48. The number of nitrogens with zero attached hydrogens (tertiary/aromatic N) is 1. The molecule has 0 radical (unpaired) electrons. The van der Waals surface area contributed by atoms with E-state index in [0.29, 0.717) is 19.6 Å². The zero-order valence-electron chi connectivity index (χ0n) is 11.7. The second-order valence-electron chi connectivity index (χ2n) is 4.86. The minimum absolute atomic E-state index is 0.0780. The average Bonchev–Trinajstić information content (AvgIpc) is 2.93. The number of halogens is 1. The number of hydrogen-bond acceptors (Lipinski definition) is 4. The van der Waals surface area contributed by atoms with Gasteiger partial charge >= 0.3 is 0 Å². The van der Waals surface area contributed by atoms with Crippen molar-refractivity contribution in [2.45, 2.75) is 26.3 Å². The summed E-state index contributed by atoms with van der Waals surface area (Å²) in [6.07, 6.45) is 1.34. The first-order valence-corrected chi connectivity index (χ1v) is 7.55. The first-order chi connectivity index (χ1) is 10.1. The van der Waals surface area contributed by atoms with Crippen molar-refractivity contribution in [2.75, 3.05) is 6.61 Å². The summed E-state index contributed by atoms with van der Waals surface area (Å²) < 4.78 is 6.57. The molecule has 1 atom stereocenters. The molecule has 1 unspecified atom stereocenters. The topological polar surface area (TPSA) is 96.9 Å². The Labute approximate surface area is 131 Å². The molecule has 1 aliphatic rings. The van der Waals surface area contributed by atoms with E-state index in [4.69, 9.17) is 15.7 Å². The Hall–Kier alpha value is -1.76. The smallest absolute Gasteiger partial charge is 0.231 e. The van der Waals surface area contributed by atoms with Crippen molar-refractivity contribution in [1.29, 1.82) is 0 Å². The van der Waals surface area contributed by atoms with Crippen LogP contribution in [-0.4, -0.2) is 23.6 Å². The molecule has 7 heteroatoms. The Bertz CT molecular complexity index is 575. The van der Waals surface area contributed by atoms with Crippen LogP contribution in [-0.2, 0) is 17.8 Å². The number of oxime groups is 1. The lowest BCUT2D eigenvalue weighted by atomic mass is 10.0. The summed E-state index contributed by atoms with van der Waals surface area (Å²) in [5.41, 5.74) is 7.57. The van der Waals surface area contributed by atoms with Gasteiger partial charge in [-0.05, 0) is 24.1 Å². The molecule has 4 N–H and O–H groups in total. The van der Waals surface area contributed by atoms with Gasteiger partial charge in [0.1, 0.15) is 5.75 Å². The maximum atomic E-state index is 12.1. The molecule has 1 amide bonds. The number of carbonyl (C=O) groups excluding carboxylic acids is 1. The number of carbonyl (C=O) groups is 1. The van der Waals surface area contributed by atoms with E-state index in [1.165, 1.54) is 0 Å². The largest absolute Gasteiger partial charge is 0.493 e. The van der Waals surface area contributed by atoms with Gasteiger partial charge in [0.2, 0.25) is 5.91 Å². The molecule has 114 valence electrons. The fourth-order valence-corrected chi connectivity index (χ4v) is 2.93. The zero-order chi connectivity index (χ0) is 15.4. The zero-order valence-corrected chi connectivity index (χ0v) is 13.3. The normalized spacial score (nSPS) is 15.2. The van der Waals surface area contributed by atoms with E-state index in [-0.39, 0.29) is 11.7 Å². The summed E-state index contributed by atoms with van der Waals surface area (Å²) in [7, 11) is 0. The summed E-state index contributed by atoms with van der Waals surface area (Å²) in [6.45, 7) is 2.81. The quantitative estimate of drug-likeness (QED) is 0.324. The molecule has 0 spiro atoms. The molecule has 1 aromatic rings. The lowest BCUT2D eigenvalue weighted by Crippen LogP contribution is -2.38. The van der Waals surface area contributed by atoms with Gasteiger partial charge in [-0.15, -0.1) is 0 Å². The highest BCUT2D eigenvalue weighted by Crippen LogP contribution is 2.32. The van der Waals surface area contributed by atoms with Crippen LogP contribution in [0.2, 0.25) is 0 Å². The number of amidine groups is 1. The van der Waals surface area contributed by atoms with Crippen LogP contribution in [0.25, 0.3) is 0 Å². The first-order valence-electron chi connectivity index (χ1n) is 6.76. The predicted molar refractivity (Wildman–Crippen MR) is 82.4 cm³/mol. The van der Waals surface area contributed by atoms with Gasteiger partial charge in [0.15, 0.2) is 5.84 Å². The van der Waals surface area contributed by atoms with E-state index in [1.807, 2.05) is 19.1 Å². The van der Waals surface area contributed by atoms with Crippen LogP contribution in [0.15, 0.2) is 21.8 Å². The predicted octanol–water partition coefficient (Wildman–Crippen LogP) is 1.77. The van der Waals surface area contributed by atoms with Crippen LogP contribution in [0.3, 0.4) is 0 Å². The SMILES string of the molecule is CCC(C(=O)NCc1cc(Br)cc2c1OCC2)/C(N)=N/O. The number of rotatable bonds is 5. The van der Waals surface area contributed by atoms with Gasteiger partial charge in [0, 0.05) is 23.0 Å². The molecular weight excluding hydrogens is 338 g/mol.